The molecule has 1 nitrogen and oxygen atoms in total. The van der Waals surface area contributed by atoms with Crippen LogP contribution in [0.4, 0.5) is 8.78 Å². The number of hydrogen-bond donors (Lipinski definition) is 0. The van der Waals surface area contributed by atoms with Crippen LogP contribution < -0.4 is 4.74 Å². The van der Waals surface area contributed by atoms with Crippen LogP contribution in [0, 0.1) is 15.2 Å². The summed E-state index contributed by atoms with van der Waals surface area (Å²) in [4.78, 5) is 0. The molecule has 19 heavy (non-hydrogen) atoms. The Kier molecular flexibility index (Phi) is 4.08. The maximum absolute atomic E-state index is 13.3. The molecular formula is C15H13F2IO. The highest BCUT2D eigenvalue weighted by Gasteiger charge is 2.24. The van der Waals surface area contributed by atoms with Gasteiger partial charge in [0, 0.05) is 15.2 Å². The number of halogens is 3. The second kappa shape index (κ2) is 5.45. The molecule has 0 radical (unpaired) electrons. The zero-order chi connectivity index (χ0) is 14.0. The number of ether oxygens (including phenoxy) is 1. The Balaban J connectivity index is 2.28. The highest BCUT2D eigenvalue weighted by molar-refractivity contribution is 14.1. The van der Waals surface area contributed by atoms with Crippen molar-refractivity contribution in [3.8, 4) is 5.75 Å². The molecule has 0 fully saturated rings. The SMILES string of the molecule is CC(C)(Oc1ccc(I)cc1)c1cc(F)cc(F)c1. The Hall–Kier alpha value is -1.17. The van der Waals surface area contributed by atoms with Gasteiger partial charge in [-0.25, -0.2) is 8.78 Å². The fourth-order valence-electron chi connectivity index (χ4n) is 1.76. The molecule has 0 N–H and O–H groups in total. The molecule has 0 saturated heterocycles. The van der Waals surface area contributed by atoms with E-state index in [0.29, 0.717) is 11.3 Å². The molecule has 2 aromatic carbocycles. The molecule has 0 saturated carbocycles. The smallest absolute Gasteiger partial charge is 0.129 e. The van der Waals surface area contributed by atoms with Crippen molar-refractivity contribution in [1.82, 2.24) is 0 Å². The summed E-state index contributed by atoms with van der Waals surface area (Å²) in [5.74, 6) is -0.543. The summed E-state index contributed by atoms with van der Waals surface area (Å²) in [7, 11) is 0. The Bertz CT molecular complexity index is 559. The molecule has 0 unspecified atom stereocenters. The van der Waals surface area contributed by atoms with Crippen molar-refractivity contribution in [2.24, 2.45) is 0 Å². The molecule has 0 amide bonds. The number of rotatable bonds is 3. The Morgan fingerprint density at radius 3 is 2.00 bits per heavy atom. The molecule has 0 atom stereocenters. The van der Waals surface area contributed by atoms with Crippen LogP contribution in [0.3, 0.4) is 0 Å². The minimum atomic E-state index is -0.810. The van der Waals surface area contributed by atoms with E-state index in [1.54, 1.807) is 13.8 Å². The van der Waals surface area contributed by atoms with E-state index in [1.165, 1.54) is 12.1 Å². The summed E-state index contributed by atoms with van der Waals surface area (Å²) in [5, 5.41) is 0. The van der Waals surface area contributed by atoms with Crippen LogP contribution >= 0.6 is 22.6 Å². The van der Waals surface area contributed by atoms with Gasteiger partial charge in [0.15, 0.2) is 0 Å². The number of benzene rings is 2. The van der Waals surface area contributed by atoms with Crippen LogP contribution in [0.2, 0.25) is 0 Å². The number of hydrogen-bond acceptors (Lipinski definition) is 1. The van der Waals surface area contributed by atoms with E-state index >= 15 is 0 Å². The van der Waals surface area contributed by atoms with Gasteiger partial charge in [-0.3, -0.25) is 0 Å². The van der Waals surface area contributed by atoms with Crippen LogP contribution in [0.15, 0.2) is 42.5 Å². The van der Waals surface area contributed by atoms with E-state index < -0.39 is 17.2 Å². The van der Waals surface area contributed by atoms with Crippen molar-refractivity contribution in [2.75, 3.05) is 0 Å². The largest absolute Gasteiger partial charge is 0.483 e. The fraction of sp³-hybridized carbons (Fsp3) is 0.200. The molecule has 0 aromatic heterocycles. The molecule has 0 aliphatic rings. The zero-order valence-corrected chi connectivity index (χ0v) is 12.7. The van der Waals surface area contributed by atoms with Crippen LogP contribution in [0.25, 0.3) is 0 Å². The van der Waals surface area contributed by atoms with Crippen LogP contribution in [-0.4, -0.2) is 0 Å². The van der Waals surface area contributed by atoms with Gasteiger partial charge < -0.3 is 4.74 Å². The topological polar surface area (TPSA) is 9.23 Å². The third kappa shape index (κ3) is 3.65. The summed E-state index contributed by atoms with van der Waals surface area (Å²) in [6.07, 6.45) is 0. The third-order valence-electron chi connectivity index (χ3n) is 2.74. The molecule has 4 heteroatoms. The quantitative estimate of drug-likeness (QED) is 0.696. The second-order valence-corrected chi connectivity index (χ2v) is 5.97. The molecule has 2 aromatic rings. The average molecular weight is 374 g/mol. The van der Waals surface area contributed by atoms with Crippen molar-refractivity contribution in [3.63, 3.8) is 0 Å². The van der Waals surface area contributed by atoms with Crippen LogP contribution in [0.5, 0.6) is 5.75 Å². The zero-order valence-electron chi connectivity index (χ0n) is 10.6. The summed E-state index contributed by atoms with van der Waals surface area (Å²) in [5.41, 5.74) is -0.348. The molecule has 100 valence electrons. The monoisotopic (exact) mass is 374 g/mol. The van der Waals surface area contributed by atoms with Gasteiger partial charge in [-0.1, -0.05) is 0 Å². The molecule has 0 heterocycles. The maximum Gasteiger partial charge on any atom is 0.129 e. The lowest BCUT2D eigenvalue weighted by Gasteiger charge is -2.27. The molecule has 2 rings (SSSR count). The minimum absolute atomic E-state index is 0.462. The first-order valence-corrected chi connectivity index (χ1v) is 6.86. The lowest BCUT2D eigenvalue weighted by Crippen LogP contribution is -2.25. The highest BCUT2D eigenvalue weighted by Crippen LogP contribution is 2.29. The van der Waals surface area contributed by atoms with Gasteiger partial charge in [-0.2, -0.15) is 0 Å². The lowest BCUT2D eigenvalue weighted by molar-refractivity contribution is 0.108. The Labute approximate surface area is 124 Å². The van der Waals surface area contributed by atoms with Crippen molar-refractivity contribution in [1.29, 1.82) is 0 Å². The first-order valence-electron chi connectivity index (χ1n) is 5.78. The normalized spacial score (nSPS) is 11.4. The van der Waals surface area contributed by atoms with E-state index in [2.05, 4.69) is 22.6 Å². The van der Waals surface area contributed by atoms with E-state index in [1.807, 2.05) is 24.3 Å². The highest BCUT2D eigenvalue weighted by atomic mass is 127. The Morgan fingerprint density at radius 1 is 0.947 bits per heavy atom. The van der Waals surface area contributed by atoms with Crippen molar-refractivity contribution < 1.29 is 13.5 Å². The van der Waals surface area contributed by atoms with Gasteiger partial charge in [0.1, 0.15) is 23.0 Å². The minimum Gasteiger partial charge on any atom is -0.483 e. The first kappa shape index (κ1) is 14.2. The summed E-state index contributed by atoms with van der Waals surface area (Å²) in [6, 6.07) is 10.9. The lowest BCUT2D eigenvalue weighted by atomic mass is 9.97. The van der Waals surface area contributed by atoms with Crippen LogP contribution in [0.1, 0.15) is 19.4 Å². The van der Waals surface area contributed by atoms with Gasteiger partial charge in [0.25, 0.3) is 0 Å². The first-order chi connectivity index (χ1) is 8.87. The van der Waals surface area contributed by atoms with Gasteiger partial charge >= 0.3 is 0 Å². The van der Waals surface area contributed by atoms with Crippen molar-refractivity contribution in [2.45, 2.75) is 19.4 Å². The molecule has 0 aliphatic carbocycles. The Morgan fingerprint density at radius 2 is 1.47 bits per heavy atom. The van der Waals surface area contributed by atoms with Gasteiger partial charge in [-0.05, 0) is 72.8 Å². The fourth-order valence-corrected chi connectivity index (χ4v) is 2.12. The van der Waals surface area contributed by atoms with E-state index in [4.69, 9.17) is 4.74 Å². The predicted molar refractivity (Wildman–Crippen MR) is 79.2 cm³/mol. The molecular weight excluding hydrogens is 361 g/mol. The molecule has 0 bridgehead atoms. The molecule has 0 spiro atoms. The maximum atomic E-state index is 13.3. The van der Waals surface area contributed by atoms with E-state index in [-0.39, 0.29) is 0 Å². The second-order valence-electron chi connectivity index (χ2n) is 4.72. The van der Waals surface area contributed by atoms with Gasteiger partial charge in [0.2, 0.25) is 0 Å². The van der Waals surface area contributed by atoms with Gasteiger partial charge in [0.05, 0.1) is 0 Å². The predicted octanol–water partition coefficient (Wildman–Crippen LogP) is 4.88. The summed E-state index contributed by atoms with van der Waals surface area (Å²) in [6.45, 7) is 3.55. The summed E-state index contributed by atoms with van der Waals surface area (Å²) < 4.78 is 33.4. The standard InChI is InChI=1S/C15H13F2IO/c1-15(2,10-7-11(16)9-12(17)8-10)19-14-5-3-13(18)4-6-14/h3-9H,1-2H3. The van der Waals surface area contributed by atoms with Crippen LogP contribution in [-0.2, 0) is 5.60 Å². The van der Waals surface area contributed by atoms with E-state index in [9.17, 15) is 8.78 Å². The van der Waals surface area contributed by atoms with E-state index in [0.717, 1.165) is 9.64 Å². The van der Waals surface area contributed by atoms with Crippen molar-refractivity contribution >= 4 is 22.6 Å². The summed E-state index contributed by atoms with van der Waals surface area (Å²) >= 11 is 2.20. The third-order valence-corrected chi connectivity index (χ3v) is 3.46. The van der Waals surface area contributed by atoms with Gasteiger partial charge in [-0.15, -0.1) is 0 Å². The van der Waals surface area contributed by atoms with Crippen molar-refractivity contribution in [3.05, 3.63) is 63.2 Å². The average Bonchev–Trinajstić information content (AvgIpc) is 2.31. The molecule has 0 aliphatic heterocycles.